The number of carbonyl (C=O) groups is 5. The number of carbonyl (C=O) groups excluding carboxylic acids is 5. The normalized spacial score (nSPS) is 19.2. The summed E-state index contributed by atoms with van der Waals surface area (Å²) in [4.78, 5) is 73.2. The van der Waals surface area contributed by atoms with Gasteiger partial charge in [-0.3, -0.25) is 19.2 Å². The molecule has 63 heavy (non-hydrogen) atoms. The molecule has 0 spiro atoms. The van der Waals surface area contributed by atoms with Crippen molar-refractivity contribution in [3.63, 3.8) is 0 Å². The molecule has 0 bridgehead atoms. The Morgan fingerprint density at radius 1 is 0.778 bits per heavy atom. The summed E-state index contributed by atoms with van der Waals surface area (Å²) in [6.45, 7) is 7.87. The molecular formula is C49H55N3O11. The number of nitrogens with zero attached hydrogens (tertiary/aromatic N) is 1. The van der Waals surface area contributed by atoms with Crippen LogP contribution in [0.1, 0.15) is 70.0 Å². The van der Waals surface area contributed by atoms with E-state index in [1.54, 1.807) is 17.9 Å². The highest BCUT2D eigenvalue weighted by atomic mass is 16.8. The molecule has 7 rings (SSSR count). The van der Waals surface area contributed by atoms with E-state index in [2.05, 4.69) is 40.8 Å². The van der Waals surface area contributed by atoms with Crippen LogP contribution in [0.2, 0.25) is 0 Å². The number of H-pyrrole nitrogens is 1. The van der Waals surface area contributed by atoms with Crippen LogP contribution >= 0.6 is 0 Å². The van der Waals surface area contributed by atoms with Crippen LogP contribution in [0.15, 0.2) is 103 Å². The van der Waals surface area contributed by atoms with Crippen molar-refractivity contribution in [3.05, 3.63) is 137 Å². The summed E-state index contributed by atoms with van der Waals surface area (Å²) in [6.07, 6.45) is -1.29. The lowest BCUT2D eigenvalue weighted by Crippen LogP contribution is -2.59. The number of amides is 2. The molecular weight excluding hydrogens is 807 g/mol. The number of para-hydroxylation sites is 1. The maximum atomic E-state index is 14.0. The summed E-state index contributed by atoms with van der Waals surface area (Å²) in [5.74, 6) is -3.31. The van der Waals surface area contributed by atoms with Crippen molar-refractivity contribution in [2.75, 3.05) is 19.8 Å². The number of hydroxylamine groups is 1. The standard InChI is InChI=1S/C49H51N3O11.2H2/c1-29-46(60-32(4)54)47(61-33(5)55)44(28-58-31(3)53)62-48(29)63-51-45(56)23-22-34-18-20-35(21-19-34)26-52(25-24-36-30(2)50-43-17-11-10-16-41(36)43)49(57)59-27-42-39-14-8-6-12-37(39)38-13-7-9-15-40(38)42;;/h6-23,29,42,44,46-48,50H,24-28H2,1-5H3,(H,51,56);2*1H/b23-22+;;/t29-,44-,46-,47+,48+;;/m1../s1. The number of fused-ring (bicyclic) bond motifs is 4. The summed E-state index contributed by atoms with van der Waals surface area (Å²) >= 11 is 0. The minimum atomic E-state index is -1.17. The van der Waals surface area contributed by atoms with Crippen molar-refractivity contribution in [3.8, 4) is 11.1 Å². The van der Waals surface area contributed by atoms with Crippen LogP contribution in [0.25, 0.3) is 28.1 Å². The Bertz CT molecular complexity index is 2460. The largest absolute Gasteiger partial charge is 0.463 e. The number of aromatic nitrogens is 1. The van der Waals surface area contributed by atoms with E-state index in [0.29, 0.717) is 25.1 Å². The second-order valence-electron chi connectivity index (χ2n) is 15.8. The molecule has 0 unspecified atom stereocenters. The number of benzene rings is 4. The molecule has 1 fully saturated rings. The van der Waals surface area contributed by atoms with Gasteiger partial charge in [-0.15, -0.1) is 0 Å². The Hall–Kier alpha value is -6.77. The smallest absolute Gasteiger partial charge is 0.410 e. The molecule has 0 saturated carbocycles. The van der Waals surface area contributed by atoms with E-state index >= 15 is 0 Å². The van der Waals surface area contributed by atoms with Crippen molar-refractivity contribution >= 4 is 46.9 Å². The second kappa shape index (κ2) is 20.0. The number of hydrogen-bond donors (Lipinski definition) is 2. The minimum Gasteiger partial charge on any atom is -0.463 e. The van der Waals surface area contributed by atoms with Crippen molar-refractivity contribution in [1.82, 2.24) is 15.4 Å². The second-order valence-corrected chi connectivity index (χ2v) is 15.8. The third-order valence-electron chi connectivity index (χ3n) is 11.3. The van der Waals surface area contributed by atoms with Gasteiger partial charge in [0.25, 0.3) is 5.91 Å². The first kappa shape index (κ1) is 44.3. The van der Waals surface area contributed by atoms with Crippen LogP contribution < -0.4 is 5.48 Å². The van der Waals surface area contributed by atoms with Crippen molar-refractivity contribution in [2.45, 2.75) is 78.1 Å². The van der Waals surface area contributed by atoms with Crippen LogP contribution in [0.5, 0.6) is 0 Å². The maximum absolute atomic E-state index is 14.0. The zero-order chi connectivity index (χ0) is 44.6. The summed E-state index contributed by atoms with van der Waals surface area (Å²) in [6, 6.07) is 32.1. The predicted octanol–water partition coefficient (Wildman–Crippen LogP) is 7.81. The molecule has 1 aliphatic carbocycles. The van der Waals surface area contributed by atoms with Gasteiger partial charge in [0.1, 0.15) is 25.4 Å². The van der Waals surface area contributed by atoms with Gasteiger partial charge in [-0.05, 0) is 64.4 Å². The summed E-state index contributed by atoms with van der Waals surface area (Å²) in [7, 11) is 0. The first-order chi connectivity index (χ1) is 30.4. The molecule has 4 aromatic carbocycles. The highest BCUT2D eigenvalue weighted by molar-refractivity contribution is 5.91. The van der Waals surface area contributed by atoms with Gasteiger partial charge < -0.3 is 33.6 Å². The lowest BCUT2D eigenvalue weighted by atomic mass is 9.92. The molecule has 5 aromatic rings. The number of rotatable bonds is 15. The number of aromatic amines is 1. The van der Waals surface area contributed by atoms with E-state index < -0.39 is 60.4 Å². The number of esters is 3. The van der Waals surface area contributed by atoms with E-state index in [1.165, 1.54) is 26.8 Å². The Morgan fingerprint density at radius 2 is 1.41 bits per heavy atom. The van der Waals surface area contributed by atoms with E-state index in [1.807, 2.05) is 73.7 Å². The van der Waals surface area contributed by atoms with Crippen LogP contribution in [0.3, 0.4) is 0 Å². The third-order valence-corrected chi connectivity index (χ3v) is 11.3. The predicted molar refractivity (Wildman–Crippen MR) is 237 cm³/mol. The first-order valence-corrected chi connectivity index (χ1v) is 20.9. The number of hydrogen-bond acceptors (Lipinski definition) is 11. The van der Waals surface area contributed by atoms with Gasteiger partial charge in [0.05, 0.1) is 5.92 Å². The fourth-order valence-corrected chi connectivity index (χ4v) is 8.31. The van der Waals surface area contributed by atoms with E-state index in [-0.39, 0.29) is 22.0 Å². The molecule has 1 aromatic heterocycles. The zero-order valence-electron chi connectivity index (χ0n) is 35.8. The molecule has 2 amide bonds. The lowest BCUT2D eigenvalue weighted by molar-refractivity contribution is -0.300. The highest BCUT2D eigenvalue weighted by Crippen LogP contribution is 2.44. The molecule has 0 radical (unpaired) electrons. The third kappa shape index (κ3) is 10.6. The average Bonchev–Trinajstić information content (AvgIpc) is 3.77. The van der Waals surface area contributed by atoms with Crippen LogP contribution in [-0.2, 0) is 60.7 Å². The van der Waals surface area contributed by atoms with Crippen LogP contribution in [0, 0.1) is 12.8 Å². The zero-order valence-corrected chi connectivity index (χ0v) is 35.8. The summed E-state index contributed by atoms with van der Waals surface area (Å²) in [5.41, 5.74) is 11.7. The molecule has 2 heterocycles. The first-order valence-electron chi connectivity index (χ1n) is 20.9. The lowest BCUT2D eigenvalue weighted by Gasteiger charge is -2.43. The van der Waals surface area contributed by atoms with Crippen molar-refractivity contribution < 1.29 is 55.3 Å². The van der Waals surface area contributed by atoms with Crippen LogP contribution in [0.4, 0.5) is 4.79 Å². The average molecular weight is 862 g/mol. The maximum Gasteiger partial charge on any atom is 0.410 e. The monoisotopic (exact) mass is 861 g/mol. The molecule has 2 aliphatic rings. The van der Waals surface area contributed by atoms with Gasteiger partial charge >= 0.3 is 24.0 Å². The molecule has 332 valence electrons. The summed E-state index contributed by atoms with van der Waals surface area (Å²) < 4.78 is 28.1. The molecule has 1 aliphatic heterocycles. The Kier molecular flexibility index (Phi) is 14.0. The topological polar surface area (TPSA) is 172 Å². The van der Waals surface area contributed by atoms with Gasteiger partial charge in [0.15, 0.2) is 12.4 Å². The SMILES string of the molecule is CC(=O)OC[C@H]1O[C@@H](ONC(=O)/C=C/c2ccc(CN(CCc3c(C)[nH]c4ccccc34)C(=O)OCC3c4ccccc4-c4ccccc43)cc2)[C@H](C)[C@@H](OC(C)=O)[C@H]1OC(C)=O.[HH].[HH]. The molecule has 2 N–H and O–H groups in total. The molecule has 14 nitrogen and oxygen atoms in total. The van der Waals surface area contributed by atoms with E-state index in [4.69, 9.17) is 28.5 Å². The van der Waals surface area contributed by atoms with Gasteiger partial charge in [-0.1, -0.05) is 97.9 Å². The Labute approximate surface area is 368 Å². The highest BCUT2D eigenvalue weighted by Gasteiger charge is 2.49. The summed E-state index contributed by atoms with van der Waals surface area (Å²) in [5, 5.41) is 1.12. The number of ether oxygens (including phenoxy) is 5. The molecule has 5 atom stereocenters. The fourth-order valence-electron chi connectivity index (χ4n) is 8.31. The Morgan fingerprint density at radius 3 is 2.08 bits per heavy atom. The molecule has 1 saturated heterocycles. The van der Waals surface area contributed by atoms with Gasteiger partial charge in [-0.25, -0.2) is 15.1 Å². The van der Waals surface area contributed by atoms with Gasteiger partial charge in [0.2, 0.25) is 0 Å². The van der Waals surface area contributed by atoms with E-state index in [0.717, 1.165) is 50.0 Å². The van der Waals surface area contributed by atoms with Gasteiger partial charge in [-0.2, -0.15) is 0 Å². The van der Waals surface area contributed by atoms with Crippen molar-refractivity contribution in [1.29, 1.82) is 0 Å². The number of nitrogens with one attached hydrogen (secondary N) is 2. The Balaban J connectivity index is 0.00000397. The quantitative estimate of drug-likeness (QED) is 0.0455. The number of aryl methyl sites for hydroxylation is 1. The van der Waals surface area contributed by atoms with Crippen LogP contribution in [-0.4, -0.2) is 84.2 Å². The van der Waals surface area contributed by atoms with Gasteiger partial charge in [0, 0.05) is 65.3 Å². The minimum absolute atomic E-state index is 0. The van der Waals surface area contributed by atoms with E-state index in [9.17, 15) is 24.0 Å². The molecule has 14 heteroatoms. The fraction of sp³-hybridized carbons (Fsp3) is 0.327. The van der Waals surface area contributed by atoms with Crippen molar-refractivity contribution in [2.24, 2.45) is 5.92 Å².